The van der Waals surface area contributed by atoms with Gasteiger partial charge in [-0.2, -0.15) is 0 Å². The molecule has 7 heteroatoms. The number of pyridine rings is 4. The first-order valence-corrected chi connectivity index (χ1v) is 19.1. The van der Waals surface area contributed by atoms with Crippen LogP contribution < -0.4 is 0 Å². The second-order valence-corrected chi connectivity index (χ2v) is 14.2. The van der Waals surface area contributed by atoms with Gasteiger partial charge in [0.05, 0.1) is 22.1 Å². The van der Waals surface area contributed by atoms with E-state index in [2.05, 4.69) is 156 Å². The van der Waals surface area contributed by atoms with Crippen molar-refractivity contribution in [3.63, 3.8) is 0 Å². The molecule has 0 aliphatic rings. The van der Waals surface area contributed by atoms with Crippen molar-refractivity contribution >= 4 is 43.6 Å². The molecule has 0 spiro atoms. The van der Waals surface area contributed by atoms with Crippen LogP contribution in [0.15, 0.2) is 189 Å². The fourth-order valence-corrected chi connectivity index (χ4v) is 7.81. The smallest absolute Gasteiger partial charge is 0.164 e. The van der Waals surface area contributed by atoms with Gasteiger partial charge < -0.3 is 0 Å². The van der Waals surface area contributed by atoms with E-state index in [1.165, 1.54) is 0 Å². The first-order chi connectivity index (χ1) is 28.7. The molecule has 0 bridgehead atoms. The van der Waals surface area contributed by atoms with Gasteiger partial charge in [-0.3, -0.25) is 19.9 Å². The highest BCUT2D eigenvalue weighted by Gasteiger charge is 2.15. The maximum atomic E-state index is 5.08. The summed E-state index contributed by atoms with van der Waals surface area (Å²) in [5.74, 6) is 1.79. The van der Waals surface area contributed by atoms with E-state index in [4.69, 9.17) is 24.9 Å². The Morgan fingerprint density at radius 1 is 0.241 bits per heavy atom. The minimum atomic E-state index is 0.594. The SMILES string of the molecule is c1ccc(-c2ccc(-c3nc(-c4ccc(-c5ccnc6c5ccc5cccnc56)cc4)nc(-c4ccc(-c5ccnc6c5ccc5cccnc56)cc4)n3)cc2)cc1. The largest absolute Gasteiger partial charge is 0.254 e. The van der Waals surface area contributed by atoms with Crippen molar-refractivity contribution < 1.29 is 0 Å². The molecule has 0 unspecified atom stereocenters. The lowest BCUT2D eigenvalue weighted by molar-refractivity contribution is 1.07. The normalized spacial score (nSPS) is 11.4. The molecule has 11 rings (SSSR count). The summed E-state index contributed by atoms with van der Waals surface area (Å²) in [5, 5.41) is 4.24. The third-order valence-electron chi connectivity index (χ3n) is 10.8. The topological polar surface area (TPSA) is 90.2 Å². The zero-order valence-corrected chi connectivity index (χ0v) is 31.0. The highest BCUT2D eigenvalue weighted by Crippen LogP contribution is 2.35. The average Bonchev–Trinajstić information content (AvgIpc) is 3.31. The minimum absolute atomic E-state index is 0.594. The molecule has 5 aromatic heterocycles. The van der Waals surface area contributed by atoms with E-state index in [0.29, 0.717) is 17.5 Å². The molecule has 0 saturated carbocycles. The molecule has 58 heavy (non-hydrogen) atoms. The van der Waals surface area contributed by atoms with E-state index in [0.717, 1.165) is 93.7 Å². The molecule has 5 heterocycles. The average molecular weight is 742 g/mol. The second kappa shape index (κ2) is 13.9. The molecular weight excluding hydrogens is 711 g/mol. The van der Waals surface area contributed by atoms with Gasteiger partial charge in [-0.1, -0.05) is 140 Å². The van der Waals surface area contributed by atoms with E-state index >= 15 is 0 Å². The Balaban J connectivity index is 0.989. The van der Waals surface area contributed by atoms with Crippen molar-refractivity contribution in [2.75, 3.05) is 0 Å². The first kappa shape index (κ1) is 33.3. The summed E-state index contributed by atoms with van der Waals surface area (Å²) in [6.07, 6.45) is 7.34. The number of hydrogen-bond acceptors (Lipinski definition) is 7. The van der Waals surface area contributed by atoms with E-state index in [1.807, 2.05) is 43.0 Å². The number of fused-ring (bicyclic) bond motifs is 6. The number of benzene rings is 6. The molecule has 0 radical (unpaired) electrons. The molecule has 0 saturated heterocycles. The highest BCUT2D eigenvalue weighted by atomic mass is 15.0. The molecular formula is C51H31N7. The lowest BCUT2D eigenvalue weighted by atomic mass is 9.98. The molecule has 0 aliphatic carbocycles. The van der Waals surface area contributed by atoms with Crippen LogP contribution in [0.5, 0.6) is 0 Å². The van der Waals surface area contributed by atoms with Crippen molar-refractivity contribution in [2.45, 2.75) is 0 Å². The summed E-state index contributed by atoms with van der Waals surface area (Å²) in [4.78, 5) is 33.9. The van der Waals surface area contributed by atoms with E-state index in [1.54, 1.807) is 0 Å². The van der Waals surface area contributed by atoms with Gasteiger partial charge in [0.1, 0.15) is 0 Å². The van der Waals surface area contributed by atoms with E-state index < -0.39 is 0 Å². The molecule has 11 aromatic rings. The third-order valence-corrected chi connectivity index (χ3v) is 10.8. The molecule has 0 amide bonds. The summed E-state index contributed by atoms with van der Waals surface area (Å²) in [6, 6.07) is 56.2. The van der Waals surface area contributed by atoms with Crippen molar-refractivity contribution in [2.24, 2.45) is 0 Å². The maximum absolute atomic E-state index is 5.08. The summed E-state index contributed by atoms with van der Waals surface area (Å²) in [7, 11) is 0. The van der Waals surface area contributed by atoms with Crippen LogP contribution in [-0.4, -0.2) is 34.9 Å². The Kier molecular flexibility index (Phi) is 8.00. The van der Waals surface area contributed by atoms with Gasteiger partial charge in [-0.05, 0) is 57.6 Å². The predicted molar refractivity (Wildman–Crippen MR) is 234 cm³/mol. The van der Waals surface area contributed by atoms with Crippen LogP contribution in [0.2, 0.25) is 0 Å². The summed E-state index contributed by atoms with van der Waals surface area (Å²) >= 11 is 0. The lowest BCUT2D eigenvalue weighted by Crippen LogP contribution is -2.00. The van der Waals surface area contributed by atoms with Crippen LogP contribution in [0, 0.1) is 0 Å². The molecule has 0 atom stereocenters. The number of aromatic nitrogens is 7. The van der Waals surface area contributed by atoms with Gasteiger partial charge in [-0.25, -0.2) is 15.0 Å². The van der Waals surface area contributed by atoms with Gasteiger partial charge >= 0.3 is 0 Å². The van der Waals surface area contributed by atoms with Crippen molar-refractivity contribution in [1.29, 1.82) is 0 Å². The van der Waals surface area contributed by atoms with Crippen LogP contribution in [0.4, 0.5) is 0 Å². The Bertz CT molecular complexity index is 3130. The van der Waals surface area contributed by atoms with Gasteiger partial charge in [-0.15, -0.1) is 0 Å². The third kappa shape index (κ3) is 5.90. The molecule has 270 valence electrons. The van der Waals surface area contributed by atoms with E-state index in [9.17, 15) is 0 Å². The van der Waals surface area contributed by atoms with Crippen molar-refractivity contribution in [3.8, 4) is 67.5 Å². The monoisotopic (exact) mass is 741 g/mol. The second-order valence-electron chi connectivity index (χ2n) is 14.2. The highest BCUT2D eigenvalue weighted by molar-refractivity contribution is 6.09. The summed E-state index contributed by atoms with van der Waals surface area (Å²) in [6.45, 7) is 0. The quantitative estimate of drug-likeness (QED) is 0.157. The fourth-order valence-electron chi connectivity index (χ4n) is 7.81. The van der Waals surface area contributed by atoms with Crippen LogP contribution in [0.3, 0.4) is 0 Å². The van der Waals surface area contributed by atoms with Gasteiger partial charge in [0, 0.05) is 63.0 Å². The van der Waals surface area contributed by atoms with Crippen LogP contribution in [0.25, 0.3) is 111 Å². The fraction of sp³-hybridized carbons (Fsp3) is 0. The Hall–Kier alpha value is -8.03. The predicted octanol–water partition coefficient (Wildman–Crippen LogP) is 12.1. The number of nitrogens with zero attached hydrogens (tertiary/aromatic N) is 7. The van der Waals surface area contributed by atoms with E-state index in [-0.39, 0.29) is 0 Å². The summed E-state index contributed by atoms with van der Waals surface area (Å²) in [5.41, 5.74) is 12.9. The number of rotatable bonds is 6. The molecule has 0 N–H and O–H groups in total. The van der Waals surface area contributed by atoms with Crippen LogP contribution >= 0.6 is 0 Å². The number of hydrogen-bond donors (Lipinski definition) is 0. The lowest BCUT2D eigenvalue weighted by Gasteiger charge is -2.12. The standard InChI is InChI=1S/C51H31N7/c1-2-6-32(7-3-1)33-10-16-38(17-11-33)49-56-50(39-18-12-34(13-19-39)41-26-30-54-47-43(41)24-22-36-8-4-28-52-45(36)47)58-51(57-49)40-20-14-35(15-21-40)42-27-31-55-48-44(42)25-23-37-9-5-29-53-46(37)48/h1-31H. The summed E-state index contributed by atoms with van der Waals surface area (Å²) < 4.78 is 0. The Morgan fingerprint density at radius 2 is 0.621 bits per heavy atom. The molecule has 0 fully saturated rings. The maximum Gasteiger partial charge on any atom is 0.164 e. The Morgan fingerprint density at radius 3 is 1.07 bits per heavy atom. The first-order valence-electron chi connectivity index (χ1n) is 19.1. The van der Waals surface area contributed by atoms with Crippen molar-refractivity contribution in [1.82, 2.24) is 34.9 Å². The van der Waals surface area contributed by atoms with Gasteiger partial charge in [0.15, 0.2) is 17.5 Å². The Labute approximate surface area is 333 Å². The molecule has 0 aliphatic heterocycles. The molecule has 6 aromatic carbocycles. The van der Waals surface area contributed by atoms with Gasteiger partial charge in [0.25, 0.3) is 0 Å². The van der Waals surface area contributed by atoms with Gasteiger partial charge in [0.2, 0.25) is 0 Å². The van der Waals surface area contributed by atoms with Crippen LogP contribution in [-0.2, 0) is 0 Å². The zero-order valence-electron chi connectivity index (χ0n) is 31.0. The van der Waals surface area contributed by atoms with Crippen LogP contribution in [0.1, 0.15) is 0 Å². The minimum Gasteiger partial charge on any atom is -0.254 e. The van der Waals surface area contributed by atoms with Crippen molar-refractivity contribution in [3.05, 3.63) is 189 Å². The zero-order chi connectivity index (χ0) is 38.4. The molecule has 7 nitrogen and oxygen atoms in total.